The van der Waals surface area contributed by atoms with Gasteiger partial charge >= 0.3 is 0 Å². The zero-order chi connectivity index (χ0) is 17.2. The molecule has 1 aromatic heterocycles. The highest BCUT2D eigenvalue weighted by Gasteiger charge is 2.20. The number of hydrogen-bond donors (Lipinski definition) is 1. The lowest BCUT2D eigenvalue weighted by atomic mass is 10.1. The lowest BCUT2D eigenvalue weighted by Crippen LogP contribution is -2.37. The standard InChI is InChI=1S/C20H20N2O3/c1-14-18(23)16-8-5-9-17(21-15-6-3-2-4-7-15)19(16)25-20(14)22-10-12-24-13-11-22/h2-9,21H,10-13H2,1H3. The number of fused-ring (bicyclic) bond motifs is 1. The Kier molecular flexibility index (Phi) is 4.15. The summed E-state index contributed by atoms with van der Waals surface area (Å²) >= 11 is 0. The Morgan fingerprint density at radius 3 is 2.52 bits per heavy atom. The fraction of sp³-hybridized carbons (Fsp3) is 0.250. The highest BCUT2D eigenvalue weighted by atomic mass is 16.5. The van der Waals surface area contributed by atoms with Crippen molar-refractivity contribution in [2.75, 3.05) is 36.5 Å². The van der Waals surface area contributed by atoms with Crippen molar-refractivity contribution in [3.8, 4) is 0 Å². The number of morpholine rings is 1. The van der Waals surface area contributed by atoms with Gasteiger partial charge in [0.05, 0.1) is 29.9 Å². The Labute approximate surface area is 145 Å². The molecule has 25 heavy (non-hydrogen) atoms. The van der Waals surface area contributed by atoms with Crippen molar-refractivity contribution in [2.24, 2.45) is 0 Å². The molecule has 1 N–H and O–H groups in total. The second kappa shape index (κ2) is 6.61. The van der Waals surface area contributed by atoms with Gasteiger partial charge in [-0.25, -0.2) is 0 Å². The number of anilines is 3. The number of nitrogens with one attached hydrogen (secondary N) is 1. The van der Waals surface area contributed by atoms with Crippen molar-refractivity contribution in [2.45, 2.75) is 6.92 Å². The molecule has 1 aliphatic rings. The number of ether oxygens (including phenoxy) is 1. The maximum absolute atomic E-state index is 12.9. The first-order valence-electron chi connectivity index (χ1n) is 8.45. The van der Waals surface area contributed by atoms with Crippen molar-refractivity contribution in [1.82, 2.24) is 0 Å². The van der Waals surface area contributed by atoms with E-state index in [0.29, 0.717) is 35.6 Å². The van der Waals surface area contributed by atoms with Crippen molar-refractivity contribution in [3.63, 3.8) is 0 Å². The van der Waals surface area contributed by atoms with E-state index in [1.165, 1.54) is 0 Å². The third kappa shape index (κ3) is 2.98. The first kappa shape index (κ1) is 15.7. The van der Waals surface area contributed by atoms with E-state index in [-0.39, 0.29) is 5.43 Å². The lowest BCUT2D eigenvalue weighted by Gasteiger charge is -2.28. The van der Waals surface area contributed by atoms with Crippen molar-refractivity contribution < 1.29 is 9.15 Å². The fourth-order valence-corrected chi connectivity index (χ4v) is 3.14. The molecule has 1 fully saturated rings. The third-order valence-electron chi connectivity index (χ3n) is 4.47. The fourth-order valence-electron chi connectivity index (χ4n) is 3.14. The molecule has 128 valence electrons. The number of para-hydroxylation sites is 2. The Hall–Kier alpha value is -2.79. The monoisotopic (exact) mass is 336 g/mol. The van der Waals surface area contributed by atoms with Gasteiger partial charge in [-0.05, 0) is 31.2 Å². The molecule has 5 nitrogen and oxygen atoms in total. The highest BCUT2D eigenvalue weighted by Crippen LogP contribution is 2.30. The summed E-state index contributed by atoms with van der Waals surface area (Å²) in [6, 6.07) is 15.5. The van der Waals surface area contributed by atoms with E-state index in [2.05, 4.69) is 10.2 Å². The molecule has 0 radical (unpaired) electrons. The molecule has 1 aliphatic heterocycles. The Morgan fingerprint density at radius 2 is 1.76 bits per heavy atom. The van der Waals surface area contributed by atoms with Gasteiger partial charge in [0.2, 0.25) is 5.88 Å². The van der Waals surface area contributed by atoms with Crippen LogP contribution in [-0.2, 0) is 4.74 Å². The quantitative estimate of drug-likeness (QED) is 0.791. The molecule has 2 aromatic carbocycles. The predicted octanol–water partition coefficient (Wildman–Crippen LogP) is 3.68. The van der Waals surface area contributed by atoms with E-state index in [4.69, 9.17) is 9.15 Å². The van der Waals surface area contributed by atoms with Gasteiger partial charge in [0.25, 0.3) is 0 Å². The van der Waals surface area contributed by atoms with Crippen molar-refractivity contribution in [1.29, 1.82) is 0 Å². The summed E-state index contributed by atoms with van der Waals surface area (Å²) < 4.78 is 11.6. The van der Waals surface area contributed by atoms with Crippen LogP contribution in [0.1, 0.15) is 5.56 Å². The van der Waals surface area contributed by atoms with Crippen LogP contribution >= 0.6 is 0 Å². The van der Waals surface area contributed by atoms with Gasteiger partial charge in [0, 0.05) is 18.8 Å². The number of benzene rings is 2. The summed E-state index contributed by atoms with van der Waals surface area (Å²) in [5.41, 5.74) is 2.98. The van der Waals surface area contributed by atoms with E-state index < -0.39 is 0 Å². The smallest absolute Gasteiger partial charge is 0.203 e. The summed E-state index contributed by atoms with van der Waals surface area (Å²) in [4.78, 5) is 14.9. The first-order valence-corrected chi connectivity index (χ1v) is 8.45. The molecule has 0 spiro atoms. The summed E-state index contributed by atoms with van der Waals surface area (Å²) in [7, 11) is 0. The maximum Gasteiger partial charge on any atom is 0.203 e. The third-order valence-corrected chi connectivity index (χ3v) is 4.47. The van der Waals surface area contributed by atoms with Crippen LogP contribution in [0.2, 0.25) is 0 Å². The predicted molar refractivity (Wildman–Crippen MR) is 100.0 cm³/mol. The largest absolute Gasteiger partial charge is 0.438 e. The second-order valence-electron chi connectivity index (χ2n) is 6.13. The zero-order valence-electron chi connectivity index (χ0n) is 14.1. The normalized spacial score (nSPS) is 14.7. The molecular formula is C20H20N2O3. The van der Waals surface area contributed by atoms with Crippen molar-refractivity contribution in [3.05, 3.63) is 64.3 Å². The molecule has 0 bridgehead atoms. The minimum Gasteiger partial charge on any atom is -0.438 e. The topological polar surface area (TPSA) is 54.7 Å². The Morgan fingerprint density at radius 1 is 1.00 bits per heavy atom. The van der Waals surface area contributed by atoms with Crippen LogP contribution in [0.25, 0.3) is 11.0 Å². The summed E-state index contributed by atoms with van der Waals surface area (Å²) in [5, 5.41) is 3.94. The lowest BCUT2D eigenvalue weighted by molar-refractivity contribution is 0.120. The highest BCUT2D eigenvalue weighted by molar-refractivity contribution is 5.91. The van der Waals surface area contributed by atoms with E-state index in [1.807, 2.05) is 55.5 Å². The van der Waals surface area contributed by atoms with Gasteiger partial charge in [-0.2, -0.15) is 0 Å². The van der Waals surface area contributed by atoms with Crippen LogP contribution in [0.3, 0.4) is 0 Å². The van der Waals surface area contributed by atoms with Crippen LogP contribution in [0, 0.1) is 6.92 Å². The summed E-state index contributed by atoms with van der Waals surface area (Å²) in [6.07, 6.45) is 0. The van der Waals surface area contributed by atoms with Crippen LogP contribution in [0.5, 0.6) is 0 Å². The van der Waals surface area contributed by atoms with Gasteiger partial charge in [0.1, 0.15) is 0 Å². The van der Waals surface area contributed by atoms with Crippen LogP contribution in [0.4, 0.5) is 17.3 Å². The minimum absolute atomic E-state index is 0.0134. The molecule has 0 saturated carbocycles. The molecule has 0 amide bonds. The zero-order valence-corrected chi connectivity index (χ0v) is 14.1. The van der Waals surface area contributed by atoms with Crippen LogP contribution in [-0.4, -0.2) is 26.3 Å². The Balaban J connectivity index is 1.84. The van der Waals surface area contributed by atoms with E-state index >= 15 is 0 Å². The molecule has 0 atom stereocenters. The molecular weight excluding hydrogens is 316 g/mol. The second-order valence-corrected chi connectivity index (χ2v) is 6.13. The van der Waals surface area contributed by atoms with E-state index in [1.54, 1.807) is 0 Å². The average Bonchev–Trinajstić information content (AvgIpc) is 2.66. The average molecular weight is 336 g/mol. The molecule has 0 unspecified atom stereocenters. The van der Waals surface area contributed by atoms with Gasteiger partial charge in [-0.3, -0.25) is 4.79 Å². The van der Waals surface area contributed by atoms with Gasteiger partial charge in [-0.15, -0.1) is 0 Å². The van der Waals surface area contributed by atoms with E-state index in [9.17, 15) is 4.79 Å². The minimum atomic E-state index is 0.0134. The Bertz CT molecular complexity index is 944. The van der Waals surface area contributed by atoms with Crippen LogP contribution < -0.4 is 15.6 Å². The van der Waals surface area contributed by atoms with E-state index in [0.717, 1.165) is 24.5 Å². The number of rotatable bonds is 3. The summed E-state index contributed by atoms with van der Waals surface area (Å²) in [5.74, 6) is 0.642. The molecule has 4 rings (SSSR count). The molecule has 1 saturated heterocycles. The van der Waals surface area contributed by atoms with Gasteiger partial charge in [0.15, 0.2) is 11.0 Å². The maximum atomic E-state index is 12.9. The first-order chi connectivity index (χ1) is 12.2. The number of hydrogen-bond acceptors (Lipinski definition) is 5. The SMILES string of the molecule is Cc1c(N2CCOCC2)oc2c(Nc3ccccc3)cccc2c1=O. The number of nitrogens with zero attached hydrogens (tertiary/aromatic N) is 1. The molecule has 5 heteroatoms. The molecule has 0 aliphatic carbocycles. The van der Waals surface area contributed by atoms with Gasteiger partial charge < -0.3 is 19.4 Å². The molecule has 3 aromatic rings. The molecule has 2 heterocycles. The summed E-state index contributed by atoms with van der Waals surface area (Å²) in [6.45, 7) is 4.57. The van der Waals surface area contributed by atoms with Crippen LogP contribution in [0.15, 0.2) is 57.7 Å². The van der Waals surface area contributed by atoms with Gasteiger partial charge in [-0.1, -0.05) is 24.3 Å². The van der Waals surface area contributed by atoms with Crippen molar-refractivity contribution >= 4 is 28.2 Å².